The van der Waals surface area contributed by atoms with E-state index in [1.54, 1.807) is 6.07 Å². The van der Waals surface area contributed by atoms with E-state index in [0.717, 1.165) is 23.8 Å². The Bertz CT molecular complexity index is 1980. The minimum absolute atomic E-state index is 0.0617. The van der Waals surface area contributed by atoms with Gasteiger partial charge in [0.1, 0.15) is 11.4 Å². The van der Waals surface area contributed by atoms with E-state index in [0.29, 0.717) is 22.9 Å². The molecule has 45 heavy (non-hydrogen) atoms. The van der Waals surface area contributed by atoms with Gasteiger partial charge in [0, 0.05) is 29.4 Å². The fraction of sp³-hybridized carbons (Fsp3) is 0. The number of non-ortho nitro benzene ring substituents is 1. The van der Waals surface area contributed by atoms with E-state index < -0.39 is 55.7 Å². The van der Waals surface area contributed by atoms with Crippen LogP contribution in [0.2, 0.25) is 0 Å². The normalized spacial score (nSPS) is 10.7. The van der Waals surface area contributed by atoms with Crippen molar-refractivity contribution in [1.82, 2.24) is 9.97 Å². The molecule has 0 unspecified atom stereocenters. The summed E-state index contributed by atoms with van der Waals surface area (Å²) >= 11 is 0. The Morgan fingerprint density at radius 2 is 1.53 bits per heavy atom. The number of aromatic amines is 1. The van der Waals surface area contributed by atoms with Crippen molar-refractivity contribution in [3.05, 3.63) is 111 Å². The van der Waals surface area contributed by atoms with E-state index in [2.05, 4.69) is 9.97 Å². The second kappa shape index (κ2) is 13.5. The molecule has 1 heterocycles. The predicted molar refractivity (Wildman–Crippen MR) is 154 cm³/mol. The summed E-state index contributed by atoms with van der Waals surface area (Å²) in [6, 6.07) is 17.4. The second-order valence-electron chi connectivity index (χ2n) is 8.74. The van der Waals surface area contributed by atoms with Crippen LogP contribution in [0.4, 0.5) is 30.2 Å². The first-order valence-corrected chi connectivity index (χ1v) is 13.4. The summed E-state index contributed by atoms with van der Waals surface area (Å²) in [6.07, 6.45) is 0. The van der Waals surface area contributed by atoms with Gasteiger partial charge < -0.3 is 26.7 Å². The van der Waals surface area contributed by atoms with Gasteiger partial charge in [-0.1, -0.05) is 30.3 Å². The number of halogens is 3. The molecule has 0 radical (unpaired) electrons. The third kappa shape index (κ3) is 8.30. The van der Waals surface area contributed by atoms with Crippen LogP contribution in [0.15, 0.2) is 77.7 Å². The van der Waals surface area contributed by atoms with Crippen molar-refractivity contribution < 1.29 is 50.9 Å². The topological polar surface area (TPSA) is 253 Å². The summed E-state index contributed by atoms with van der Waals surface area (Å²) in [6.45, 7) is 0. The summed E-state index contributed by atoms with van der Waals surface area (Å²) in [7, 11) is -4.20. The van der Waals surface area contributed by atoms with Crippen LogP contribution in [0.1, 0.15) is 20.7 Å². The number of nitrogens with zero attached hydrogens (tertiary/aromatic N) is 2. The number of nitrogens with one attached hydrogen (secondary N) is 1. The molecule has 0 spiro atoms. The van der Waals surface area contributed by atoms with Gasteiger partial charge in [0.2, 0.25) is 0 Å². The highest BCUT2D eigenvalue weighted by Gasteiger charge is 2.22. The number of benzene rings is 4. The summed E-state index contributed by atoms with van der Waals surface area (Å²) in [5.41, 5.74) is 9.70. The van der Waals surface area contributed by atoms with Gasteiger partial charge in [0.15, 0.2) is 17.5 Å². The smallest absolute Gasteiger partial charge is 0.341 e. The number of carboxylic acids is 2. The first kappa shape index (κ1) is 33.5. The van der Waals surface area contributed by atoms with Crippen molar-refractivity contribution in [2.75, 3.05) is 11.5 Å². The lowest BCUT2D eigenvalue weighted by molar-refractivity contribution is -0.384. The number of nitro benzene ring substituents is 1. The highest BCUT2D eigenvalue weighted by Crippen LogP contribution is 2.23. The standard InChI is InChI=1S/C13H10N2O3S.C7H4F3NO2.C7H6N2O4/c16-19(17,18)10-6-7-11-12(8-10)15-13(14-11)9-4-2-1-3-5-9;8-2-1-3(11)6(10)4(5(2)9)7(12)13;8-5-1-4(7(10)11)2-6(3-5)9(12)13/h1-8H,(H,14,15)(H,16,17,18);1H,11H2,(H,12,13);1-3H,8H2,(H,10,11). The van der Waals surface area contributed by atoms with Gasteiger partial charge in [-0.2, -0.15) is 8.42 Å². The number of aromatic nitrogens is 2. The summed E-state index contributed by atoms with van der Waals surface area (Å²) in [4.78, 5) is 37.6. The third-order valence-corrected chi connectivity index (χ3v) is 6.44. The van der Waals surface area contributed by atoms with Crippen molar-refractivity contribution in [3.63, 3.8) is 0 Å². The molecule has 1 aromatic heterocycles. The molecule has 0 fully saturated rings. The largest absolute Gasteiger partial charge is 0.478 e. The van der Waals surface area contributed by atoms with Crippen LogP contribution < -0.4 is 11.5 Å². The molecule has 8 N–H and O–H groups in total. The van der Waals surface area contributed by atoms with Crippen LogP contribution in [0.3, 0.4) is 0 Å². The van der Waals surface area contributed by atoms with Crippen LogP contribution in [0.5, 0.6) is 0 Å². The zero-order valence-electron chi connectivity index (χ0n) is 22.3. The SMILES string of the molecule is Nc1cc(C(=O)O)cc([N+](=O)[O-])c1.Nc1cc(F)c(F)c(C(=O)O)c1F.O=S(=O)(O)c1ccc2nc(-c3ccccc3)[nH]c2c1. The first-order chi connectivity index (χ1) is 21.0. The Balaban J connectivity index is 0.000000190. The van der Waals surface area contributed by atoms with Crippen LogP contribution >= 0.6 is 0 Å². The molecular formula is C27H20F3N5O9S. The highest BCUT2D eigenvalue weighted by atomic mass is 32.2. The number of hydrogen-bond acceptors (Lipinski definition) is 9. The number of fused-ring (bicyclic) bond motifs is 1. The van der Waals surface area contributed by atoms with Gasteiger partial charge in [0.25, 0.3) is 15.8 Å². The fourth-order valence-corrected chi connectivity index (χ4v) is 4.06. The summed E-state index contributed by atoms with van der Waals surface area (Å²) in [5, 5.41) is 27.1. The molecule has 0 amide bonds. The minimum Gasteiger partial charge on any atom is -0.478 e. The number of hydrogen-bond donors (Lipinski definition) is 6. The zero-order valence-corrected chi connectivity index (χ0v) is 23.1. The van der Waals surface area contributed by atoms with E-state index >= 15 is 0 Å². The maximum Gasteiger partial charge on any atom is 0.341 e. The number of carbonyl (C=O) groups is 2. The van der Waals surface area contributed by atoms with Gasteiger partial charge in [-0.05, 0) is 24.3 Å². The maximum absolute atomic E-state index is 12.8. The average Bonchev–Trinajstić information content (AvgIpc) is 3.40. The molecule has 0 aliphatic heterocycles. The number of imidazole rings is 1. The number of nitrogens with two attached hydrogens (primary N) is 2. The molecular weight excluding hydrogens is 627 g/mol. The van der Waals surface area contributed by atoms with E-state index in [-0.39, 0.29) is 21.8 Å². The molecule has 234 valence electrons. The molecule has 5 aromatic rings. The van der Waals surface area contributed by atoms with E-state index in [9.17, 15) is 41.3 Å². The number of anilines is 2. The van der Waals surface area contributed by atoms with Gasteiger partial charge in [-0.3, -0.25) is 14.7 Å². The lowest BCUT2D eigenvalue weighted by Crippen LogP contribution is -2.09. The highest BCUT2D eigenvalue weighted by molar-refractivity contribution is 7.85. The Morgan fingerprint density at radius 1 is 0.889 bits per heavy atom. The Labute approximate surface area is 250 Å². The summed E-state index contributed by atoms with van der Waals surface area (Å²) in [5.74, 6) is -7.19. The number of rotatable bonds is 5. The quantitative estimate of drug-likeness (QED) is 0.0497. The number of H-pyrrole nitrogens is 1. The molecule has 18 heteroatoms. The lowest BCUT2D eigenvalue weighted by atomic mass is 10.1. The molecule has 5 rings (SSSR count). The molecule has 0 aliphatic carbocycles. The second-order valence-corrected chi connectivity index (χ2v) is 10.2. The van der Waals surface area contributed by atoms with Gasteiger partial charge in [-0.25, -0.2) is 27.7 Å². The summed E-state index contributed by atoms with van der Waals surface area (Å²) < 4.78 is 69.1. The lowest BCUT2D eigenvalue weighted by Gasteiger charge is -2.03. The van der Waals surface area contributed by atoms with Crippen molar-refractivity contribution in [2.24, 2.45) is 0 Å². The number of carboxylic acid groups (broad SMARTS) is 2. The molecule has 4 aromatic carbocycles. The Kier molecular flexibility index (Phi) is 10.1. The maximum atomic E-state index is 12.8. The van der Waals surface area contributed by atoms with Crippen LogP contribution in [0, 0.1) is 27.6 Å². The first-order valence-electron chi connectivity index (χ1n) is 12.0. The monoisotopic (exact) mass is 647 g/mol. The number of nitrogen functional groups attached to an aromatic ring is 2. The number of nitro groups is 1. The van der Waals surface area contributed by atoms with E-state index in [1.807, 2.05) is 30.3 Å². The number of aromatic carboxylic acids is 2. The van der Waals surface area contributed by atoms with Crippen molar-refractivity contribution >= 4 is 50.2 Å². The van der Waals surface area contributed by atoms with Crippen LogP contribution in [0.25, 0.3) is 22.4 Å². The van der Waals surface area contributed by atoms with E-state index in [1.165, 1.54) is 12.1 Å². The van der Waals surface area contributed by atoms with Crippen molar-refractivity contribution in [2.45, 2.75) is 4.90 Å². The van der Waals surface area contributed by atoms with Crippen LogP contribution in [-0.2, 0) is 10.1 Å². The van der Waals surface area contributed by atoms with Crippen molar-refractivity contribution in [1.29, 1.82) is 0 Å². The Hall–Kier alpha value is -6.01. The molecule has 0 aliphatic rings. The van der Waals surface area contributed by atoms with Gasteiger partial charge in [-0.15, -0.1) is 0 Å². The molecule has 0 atom stereocenters. The predicted octanol–water partition coefficient (Wildman–Crippen LogP) is 4.74. The fourth-order valence-electron chi connectivity index (χ4n) is 3.56. The van der Waals surface area contributed by atoms with Crippen LogP contribution in [-0.4, -0.2) is 50.0 Å². The Morgan fingerprint density at radius 3 is 2.09 bits per heavy atom. The minimum atomic E-state index is -4.20. The molecule has 14 nitrogen and oxygen atoms in total. The zero-order chi connectivity index (χ0) is 33.6. The van der Waals surface area contributed by atoms with Gasteiger partial charge in [0.05, 0.1) is 32.1 Å². The molecule has 0 bridgehead atoms. The van der Waals surface area contributed by atoms with E-state index in [4.69, 9.17) is 26.2 Å². The molecule has 0 saturated carbocycles. The van der Waals surface area contributed by atoms with Gasteiger partial charge >= 0.3 is 11.9 Å². The molecule has 0 saturated heterocycles. The third-order valence-electron chi connectivity index (χ3n) is 5.59. The van der Waals surface area contributed by atoms with Crippen molar-refractivity contribution in [3.8, 4) is 11.4 Å². The average molecular weight is 648 g/mol.